The summed E-state index contributed by atoms with van der Waals surface area (Å²) in [6, 6.07) is 5.90. The van der Waals surface area contributed by atoms with Crippen LogP contribution in [0.4, 0.5) is 5.82 Å². The maximum absolute atomic E-state index is 5.91. The molecule has 1 aliphatic heterocycles. The van der Waals surface area contributed by atoms with Crippen molar-refractivity contribution in [1.82, 2.24) is 40.1 Å². The molecule has 0 bridgehead atoms. The quantitative estimate of drug-likeness (QED) is 0.368. The SMILES string of the molecule is NC1CN(c2cncc(-c3ccc4[nH]nc(-c5nc6c(-c7ccoc7)cncc6[nH]5)c4n3)n2)C1. The molecule has 34 heavy (non-hydrogen) atoms. The van der Waals surface area contributed by atoms with Crippen LogP contribution in [0.1, 0.15) is 0 Å². The molecule has 166 valence electrons. The van der Waals surface area contributed by atoms with E-state index in [0.717, 1.165) is 46.6 Å². The summed E-state index contributed by atoms with van der Waals surface area (Å²) in [4.78, 5) is 28.5. The fraction of sp³-hybridized carbons (Fsp3) is 0.130. The average Bonchev–Trinajstić information content (AvgIpc) is 3.60. The van der Waals surface area contributed by atoms with Crippen molar-refractivity contribution in [3.8, 4) is 34.0 Å². The molecule has 4 N–H and O–H groups in total. The van der Waals surface area contributed by atoms with Crippen LogP contribution in [-0.4, -0.2) is 59.2 Å². The van der Waals surface area contributed by atoms with E-state index in [1.165, 1.54) is 0 Å². The number of aromatic amines is 2. The highest BCUT2D eigenvalue weighted by molar-refractivity contribution is 5.95. The molecule has 1 saturated heterocycles. The molecule has 0 amide bonds. The number of H-pyrrole nitrogens is 2. The number of aromatic nitrogens is 8. The van der Waals surface area contributed by atoms with Crippen LogP contribution in [0, 0.1) is 0 Å². The van der Waals surface area contributed by atoms with Gasteiger partial charge in [0.1, 0.15) is 22.5 Å². The molecule has 1 aliphatic rings. The number of pyridine rings is 2. The number of imidazole rings is 1. The van der Waals surface area contributed by atoms with E-state index in [1.807, 2.05) is 18.2 Å². The van der Waals surface area contributed by atoms with E-state index >= 15 is 0 Å². The molecule has 0 aliphatic carbocycles. The van der Waals surface area contributed by atoms with Crippen molar-refractivity contribution in [3.63, 3.8) is 0 Å². The maximum Gasteiger partial charge on any atom is 0.161 e. The van der Waals surface area contributed by atoms with Crippen molar-refractivity contribution < 1.29 is 4.42 Å². The average molecular weight is 450 g/mol. The molecule has 0 aromatic carbocycles. The van der Waals surface area contributed by atoms with Gasteiger partial charge in [0.15, 0.2) is 11.5 Å². The molecule has 0 unspecified atom stereocenters. The van der Waals surface area contributed by atoms with Crippen molar-refractivity contribution in [1.29, 1.82) is 0 Å². The number of hydrogen-bond acceptors (Lipinski definition) is 9. The van der Waals surface area contributed by atoms with Gasteiger partial charge in [-0.05, 0) is 18.2 Å². The topological polar surface area (TPSA) is 151 Å². The normalized spacial score (nSPS) is 14.2. The van der Waals surface area contributed by atoms with Crippen LogP contribution in [0.25, 0.3) is 56.1 Å². The lowest BCUT2D eigenvalue weighted by atomic mass is 10.1. The van der Waals surface area contributed by atoms with Crippen LogP contribution >= 0.6 is 0 Å². The fourth-order valence-electron chi connectivity index (χ4n) is 4.21. The van der Waals surface area contributed by atoms with Crippen LogP contribution in [0.15, 0.2) is 59.9 Å². The van der Waals surface area contributed by atoms with Crippen molar-refractivity contribution in [2.75, 3.05) is 18.0 Å². The lowest BCUT2D eigenvalue weighted by Crippen LogP contribution is -2.56. The summed E-state index contributed by atoms with van der Waals surface area (Å²) < 4.78 is 5.24. The first-order chi connectivity index (χ1) is 16.7. The summed E-state index contributed by atoms with van der Waals surface area (Å²) >= 11 is 0. The molecule has 6 aromatic rings. The molecule has 11 nitrogen and oxygen atoms in total. The Kier molecular flexibility index (Phi) is 3.99. The van der Waals surface area contributed by atoms with Gasteiger partial charge in [-0.25, -0.2) is 15.0 Å². The highest BCUT2D eigenvalue weighted by atomic mass is 16.3. The van der Waals surface area contributed by atoms with Crippen LogP contribution < -0.4 is 10.6 Å². The number of furan rings is 1. The third-order valence-corrected chi connectivity index (χ3v) is 5.98. The lowest BCUT2D eigenvalue weighted by molar-refractivity contribution is 0.514. The standard InChI is InChI=1S/C23H18N10O/c24-13-9-33(10-13)19-8-26-6-17(27-19)15-1-2-16-21(28-15)22(32-31-16)23-29-18-7-25-5-14(20(18)30-23)12-3-4-34-11-12/h1-8,11,13H,9-10,24H2,(H,29,30)(H,31,32). The van der Waals surface area contributed by atoms with E-state index in [2.05, 4.69) is 30.0 Å². The Morgan fingerprint density at radius 3 is 2.68 bits per heavy atom. The second-order valence-electron chi connectivity index (χ2n) is 8.27. The van der Waals surface area contributed by atoms with E-state index in [4.69, 9.17) is 25.1 Å². The Balaban J connectivity index is 1.31. The Morgan fingerprint density at radius 1 is 0.912 bits per heavy atom. The van der Waals surface area contributed by atoms with Gasteiger partial charge in [0.05, 0.1) is 47.8 Å². The van der Waals surface area contributed by atoms with E-state index < -0.39 is 0 Å². The zero-order chi connectivity index (χ0) is 22.6. The van der Waals surface area contributed by atoms with Crippen molar-refractivity contribution in [3.05, 3.63) is 55.5 Å². The summed E-state index contributed by atoms with van der Waals surface area (Å²) in [7, 11) is 0. The third kappa shape index (κ3) is 2.94. The van der Waals surface area contributed by atoms with Gasteiger partial charge in [0.2, 0.25) is 0 Å². The van der Waals surface area contributed by atoms with Gasteiger partial charge in [0, 0.05) is 36.5 Å². The molecular weight excluding hydrogens is 432 g/mol. The van der Waals surface area contributed by atoms with Gasteiger partial charge in [-0.2, -0.15) is 5.10 Å². The van der Waals surface area contributed by atoms with E-state index in [0.29, 0.717) is 28.4 Å². The fourth-order valence-corrected chi connectivity index (χ4v) is 4.21. The van der Waals surface area contributed by atoms with Crippen molar-refractivity contribution in [2.45, 2.75) is 6.04 Å². The molecule has 0 saturated carbocycles. The number of anilines is 1. The third-order valence-electron chi connectivity index (χ3n) is 5.98. The number of fused-ring (bicyclic) bond motifs is 2. The van der Waals surface area contributed by atoms with E-state index in [9.17, 15) is 0 Å². The molecule has 0 spiro atoms. The molecule has 6 aromatic heterocycles. The minimum absolute atomic E-state index is 0.182. The second kappa shape index (κ2) is 7.18. The van der Waals surface area contributed by atoms with Crippen LogP contribution in [0.5, 0.6) is 0 Å². The molecular formula is C23H18N10O. The lowest BCUT2D eigenvalue weighted by Gasteiger charge is -2.37. The molecule has 1 fully saturated rings. The Morgan fingerprint density at radius 2 is 1.82 bits per heavy atom. The van der Waals surface area contributed by atoms with Gasteiger partial charge in [-0.1, -0.05) is 0 Å². The minimum Gasteiger partial charge on any atom is -0.472 e. The summed E-state index contributed by atoms with van der Waals surface area (Å²) in [5.74, 6) is 1.39. The first-order valence-electron chi connectivity index (χ1n) is 10.8. The predicted octanol–water partition coefficient (Wildman–Crippen LogP) is 2.76. The molecule has 0 atom stereocenters. The van der Waals surface area contributed by atoms with Crippen molar-refractivity contribution in [2.24, 2.45) is 5.73 Å². The molecule has 11 heteroatoms. The second-order valence-corrected chi connectivity index (χ2v) is 8.27. The maximum atomic E-state index is 5.91. The van der Waals surface area contributed by atoms with Crippen molar-refractivity contribution >= 4 is 27.9 Å². The van der Waals surface area contributed by atoms with Gasteiger partial charge in [0.25, 0.3) is 0 Å². The number of hydrogen-bond donors (Lipinski definition) is 3. The number of nitrogens with zero attached hydrogens (tertiary/aromatic N) is 7. The number of rotatable bonds is 4. The summed E-state index contributed by atoms with van der Waals surface area (Å²) in [5.41, 5.74) is 12.8. The summed E-state index contributed by atoms with van der Waals surface area (Å²) in [6.07, 6.45) is 10.3. The monoisotopic (exact) mass is 450 g/mol. The van der Waals surface area contributed by atoms with Gasteiger partial charge in [-0.3, -0.25) is 15.1 Å². The zero-order valence-corrected chi connectivity index (χ0v) is 17.8. The Hall–Kier alpha value is -4.64. The highest BCUT2D eigenvalue weighted by Gasteiger charge is 2.25. The number of nitrogens with one attached hydrogen (secondary N) is 2. The highest BCUT2D eigenvalue weighted by Crippen LogP contribution is 2.31. The van der Waals surface area contributed by atoms with Gasteiger partial charge in [-0.15, -0.1) is 0 Å². The molecule has 7 rings (SSSR count). The predicted molar refractivity (Wildman–Crippen MR) is 126 cm³/mol. The summed E-state index contributed by atoms with van der Waals surface area (Å²) in [5, 5.41) is 7.53. The summed E-state index contributed by atoms with van der Waals surface area (Å²) in [6.45, 7) is 1.55. The molecule has 7 heterocycles. The Labute approximate surface area is 192 Å². The van der Waals surface area contributed by atoms with Gasteiger partial charge < -0.3 is 20.0 Å². The van der Waals surface area contributed by atoms with Crippen LogP contribution in [-0.2, 0) is 0 Å². The van der Waals surface area contributed by atoms with Crippen LogP contribution in [0.2, 0.25) is 0 Å². The van der Waals surface area contributed by atoms with E-state index in [1.54, 1.807) is 37.3 Å². The zero-order valence-electron chi connectivity index (χ0n) is 17.8. The largest absolute Gasteiger partial charge is 0.472 e. The number of nitrogens with two attached hydrogens (primary N) is 1. The van der Waals surface area contributed by atoms with Gasteiger partial charge >= 0.3 is 0 Å². The molecule has 0 radical (unpaired) electrons. The first-order valence-corrected chi connectivity index (χ1v) is 10.8. The minimum atomic E-state index is 0.182. The first kappa shape index (κ1) is 18.9. The Bertz CT molecular complexity index is 1650. The smallest absolute Gasteiger partial charge is 0.161 e. The van der Waals surface area contributed by atoms with E-state index in [-0.39, 0.29) is 6.04 Å². The van der Waals surface area contributed by atoms with Crippen LogP contribution in [0.3, 0.4) is 0 Å².